The molecule has 3 nitrogen and oxygen atoms in total. The summed E-state index contributed by atoms with van der Waals surface area (Å²) in [5, 5.41) is 3.34. The Kier molecular flexibility index (Phi) is 4.18. The maximum absolute atomic E-state index is 13.5. The van der Waals surface area contributed by atoms with Gasteiger partial charge in [-0.15, -0.1) is 0 Å². The molecule has 1 N–H and O–H groups in total. The zero-order valence-corrected chi connectivity index (χ0v) is 13.0. The van der Waals surface area contributed by atoms with E-state index >= 15 is 0 Å². The van der Waals surface area contributed by atoms with Crippen molar-refractivity contribution in [2.24, 2.45) is 0 Å². The summed E-state index contributed by atoms with van der Waals surface area (Å²) < 4.78 is 19.9. The third-order valence-corrected chi connectivity index (χ3v) is 5.04. The SMILES string of the molecule is CCN1CCCC2(CC1)CC(NC)c1cc(F)ccc1O2. The fraction of sp³-hybridized carbons (Fsp3) is 0.647. The molecule has 0 bridgehead atoms. The molecular formula is C17H25FN2O. The molecule has 2 aliphatic heterocycles. The predicted molar refractivity (Wildman–Crippen MR) is 82.1 cm³/mol. The lowest BCUT2D eigenvalue weighted by atomic mass is 9.82. The van der Waals surface area contributed by atoms with Gasteiger partial charge in [0.25, 0.3) is 0 Å². The molecule has 2 unspecified atom stereocenters. The second kappa shape index (κ2) is 5.93. The number of nitrogens with one attached hydrogen (secondary N) is 1. The van der Waals surface area contributed by atoms with Crippen LogP contribution in [0.2, 0.25) is 0 Å². The van der Waals surface area contributed by atoms with Crippen LogP contribution in [-0.2, 0) is 0 Å². The van der Waals surface area contributed by atoms with E-state index in [1.54, 1.807) is 12.1 Å². The summed E-state index contributed by atoms with van der Waals surface area (Å²) in [5.74, 6) is 0.665. The third-order valence-electron chi connectivity index (χ3n) is 5.04. The number of ether oxygens (including phenoxy) is 1. The summed E-state index contributed by atoms with van der Waals surface area (Å²) in [6.07, 6.45) is 4.23. The number of halogens is 1. The first kappa shape index (κ1) is 14.8. The van der Waals surface area contributed by atoms with Gasteiger partial charge in [0.1, 0.15) is 17.2 Å². The van der Waals surface area contributed by atoms with Crippen molar-refractivity contribution in [3.63, 3.8) is 0 Å². The summed E-state index contributed by atoms with van der Waals surface area (Å²) in [6.45, 7) is 5.56. The monoisotopic (exact) mass is 292 g/mol. The van der Waals surface area contributed by atoms with E-state index in [9.17, 15) is 4.39 Å². The molecule has 1 fully saturated rings. The van der Waals surface area contributed by atoms with Crippen LogP contribution in [0.5, 0.6) is 5.75 Å². The Bertz CT molecular complexity index is 508. The van der Waals surface area contributed by atoms with Crippen molar-refractivity contribution in [1.82, 2.24) is 10.2 Å². The summed E-state index contributed by atoms with van der Waals surface area (Å²) in [4.78, 5) is 2.49. The van der Waals surface area contributed by atoms with Gasteiger partial charge in [-0.25, -0.2) is 4.39 Å². The molecular weight excluding hydrogens is 267 g/mol. The molecule has 3 rings (SSSR count). The van der Waals surface area contributed by atoms with Crippen molar-refractivity contribution < 1.29 is 9.13 Å². The molecule has 0 radical (unpaired) electrons. The van der Waals surface area contributed by atoms with Gasteiger partial charge in [0.05, 0.1) is 0 Å². The van der Waals surface area contributed by atoms with Crippen LogP contribution in [-0.4, -0.2) is 37.2 Å². The molecule has 2 heterocycles. The van der Waals surface area contributed by atoms with Crippen LogP contribution in [0.15, 0.2) is 18.2 Å². The minimum absolute atomic E-state index is 0.0948. The van der Waals surface area contributed by atoms with E-state index < -0.39 is 0 Å². The van der Waals surface area contributed by atoms with E-state index in [-0.39, 0.29) is 17.5 Å². The van der Waals surface area contributed by atoms with Gasteiger partial charge in [0.15, 0.2) is 0 Å². The van der Waals surface area contributed by atoms with E-state index in [1.165, 1.54) is 12.5 Å². The highest BCUT2D eigenvalue weighted by Gasteiger charge is 2.41. The van der Waals surface area contributed by atoms with Gasteiger partial charge in [-0.2, -0.15) is 0 Å². The number of benzene rings is 1. The van der Waals surface area contributed by atoms with Gasteiger partial charge >= 0.3 is 0 Å². The number of hydrogen-bond donors (Lipinski definition) is 1. The van der Waals surface area contributed by atoms with Crippen LogP contribution in [0.1, 0.15) is 44.2 Å². The van der Waals surface area contributed by atoms with Crippen molar-refractivity contribution in [1.29, 1.82) is 0 Å². The van der Waals surface area contributed by atoms with Crippen LogP contribution < -0.4 is 10.1 Å². The van der Waals surface area contributed by atoms with E-state index in [2.05, 4.69) is 17.1 Å². The highest BCUT2D eigenvalue weighted by molar-refractivity contribution is 5.39. The maximum atomic E-state index is 13.5. The van der Waals surface area contributed by atoms with E-state index in [0.717, 1.165) is 50.2 Å². The molecule has 0 saturated carbocycles. The lowest BCUT2D eigenvalue weighted by Crippen LogP contribution is -2.44. The van der Waals surface area contributed by atoms with Gasteiger partial charge in [-0.05, 0) is 57.6 Å². The zero-order chi connectivity index (χ0) is 14.9. The Morgan fingerprint density at radius 2 is 2.24 bits per heavy atom. The Labute approximate surface area is 126 Å². The molecule has 0 amide bonds. The lowest BCUT2D eigenvalue weighted by molar-refractivity contribution is 0.0176. The van der Waals surface area contributed by atoms with Crippen LogP contribution in [0.3, 0.4) is 0 Å². The molecule has 1 aromatic carbocycles. The Balaban J connectivity index is 1.87. The lowest BCUT2D eigenvalue weighted by Gasteiger charge is -2.42. The number of hydrogen-bond acceptors (Lipinski definition) is 3. The van der Waals surface area contributed by atoms with Crippen LogP contribution in [0.4, 0.5) is 4.39 Å². The summed E-state index contributed by atoms with van der Waals surface area (Å²) >= 11 is 0. The van der Waals surface area contributed by atoms with Crippen molar-refractivity contribution in [2.75, 3.05) is 26.7 Å². The van der Waals surface area contributed by atoms with Crippen LogP contribution in [0, 0.1) is 5.82 Å². The molecule has 21 heavy (non-hydrogen) atoms. The van der Waals surface area contributed by atoms with Gasteiger partial charge < -0.3 is 15.0 Å². The second-order valence-electron chi connectivity index (χ2n) is 6.30. The highest BCUT2D eigenvalue weighted by atomic mass is 19.1. The topological polar surface area (TPSA) is 24.5 Å². The van der Waals surface area contributed by atoms with Gasteiger partial charge in [-0.3, -0.25) is 0 Å². The molecule has 0 aromatic heterocycles. The van der Waals surface area contributed by atoms with Crippen molar-refractivity contribution in [2.45, 2.75) is 44.2 Å². The average molecular weight is 292 g/mol. The number of fused-ring (bicyclic) bond motifs is 1. The summed E-state index contributed by atoms with van der Waals surface area (Å²) in [7, 11) is 1.95. The largest absolute Gasteiger partial charge is 0.487 e. The van der Waals surface area contributed by atoms with Gasteiger partial charge in [0, 0.05) is 24.6 Å². The fourth-order valence-electron chi connectivity index (χ4n) is 3.74. The molecule has 4 heteroatoms. The first-order valence-electron chi connectivity index (χ1n) is 8.04. The van der Waals surface area contributed by atoms with Crippen molar-refractivity contribution >= 4 is 0 Å². The first-order chi connectivity index (χ1) is 10.2. The smallest absolute Gasteiger partial charge is 0.125 e. The summed E-state index contributed by atoms with van der Waals surface area (Å²) in [5.41, 5.74) is 0.863. The zero-order valence-electron chi connectivity index (χ0n) is 13.0. The Morgan fingerprint density at radius 1 is 1.38 bits per heavy atom. The average Bonchev–Trinajstić information content (AvgIpc) is 2.69. The van der Waals surface area contributed by atoms with Crippen LogP contribution in [0.25, 0.3) is 0 Å². The number of likely N-dealkylation sites (tertiary alicyclic amines) is 1. The Morgan fingerprint density at radius 3 is 3.00 bits per heavy atom. The normalized spacial score (nSPS) is 29.8. The minimum Gasteiger partial charge on any atom is -0.487 e. The number of nitrogens with zero attached hydrogens (tertiary/aromatic N) is 1. The minimum atomic E-state index is -0.188. The van der Waals surface area contributed by atoms with Crippen molar-refractivity contribution in [3.05, 3.63) is 29.6 Å². The molecule has 2 aliphatic rings. The fourth-order valence-corrected chi connectivity index (χ4v) is 3.74. The second-order valence-corrected chi connectivity index (χ2v) is 6.30. The third kappa shape index (κ3) is 2.92. The maximum Gasteiger partial charge on any atom is 0.125 e. The predicted octanol–water partition coefficient (Wildman–Crippen LogP) is 3.11. The molecule has 1 aromatic rings. The number of rotatable bonds is 2. The molecule has 1 saturated heterocycles. The van der Waals surface area contributed by atoms with Gasteiger partial charge in [-0.1, -0.05) is 6.92 Å². The quantitative estimate of drug-likeness (QED) is 0.906. The Hall–Kier alpha value is -1.13. The van der Waals surface area contributed by atoms with E-state index in [1.807, 2.05) is 7.05 Å². The first-order valence-corrected chi connectivity index (χ1v) is 8.04. The van der Waals surface area contributed by atoms with Gasteiger partial charge in [0.2, 0.25) is 0 Å². The molecule has 1 spiro atoms. The van der Waals surface area contributed by atoms with Crippen molar-refractivity contribution in [3.8, 4) is 5.75 Å². The van der Waals surface area contributed by atoms with E-state index in [4.69, 9.17) is 4.74 Å². The summed E-state index contributed by atoms with van der Waals surface area (Å²) in [6, 6.07) is 5.08. The van der Waals surface area contributed by atoms with E-state index in [0.29, 0.717) is 0 Å². The highest BCUT2D eigenvalue weighted by Crippen LogP contribution is 2.44. The molecule has 0 aliphatic carbocycles. The molecule has 2 atom stereocenters. The van der Waals surface area contributed by atoms with Crippen LogP contribution >= 0.6 is 0 Å². The standard InChI is InChI=1S/C17H25FN2O/c1-3-20-9-4-7-17(8-10-20)12-15(19-2)14-11-13(18)5-6-16(14)21-17/h5-6,11,15,19H,3-4,7-10,12H2,1-2H3. The molecule has 116 valence electrons.